The van der Waals surface area contributed by atoms with Gasteiger partial charge in [0, 0.05) is 0 Å². The summed E-state index contributed by atoms with van der Waals surface area (Å²) in [6.07, 6.45) is 0. The first kappa shape index (κ1) is 8.41. The zero-order valence-electron chi connectivity index (χ0n) is 6.44. The second kappa shape index (κ2) is 3.28. The largest absolute Gasteiger partial charge is 0.229 e. The number of thiol groups is 1. The Kier molecular flexibility index (Phi) is 2.30. The minimum Gasteiger partial charge on any atom is -0.229 e. The van der Waals surface area contributed by atoms with Crippen molar-refractivity contribution in [2.24, 2.45) is 0 Å². The van der Waals surface area contributed by atoms with E-state index in [2.05, 4.69) is 41.8 Å². The van der Waals surface area contributed by atoms with Crippen LogP contribution in [0.1, 0.15) is 5.56 Å². The second-order valence-electron chi connectivity index (χ2n) is 2.54. The van der Waals surface area contributed by atoms with Gasteiger partial charge in [-0.3, -0.25) is 0 Å². The Bertz CT molecular complexity index is 408. The number of nitrogens with zero attached hydrogens (tertiary/aromatic N) is 1. The molecule has 0 amide bonds. The standard InChI is InChI=1S/C8H7NS3/c1-5-2-3-6-7(4-5)11-8(9-6)12-10/h2-4,10H,1H3. The van der Waals surface area contributed by atoms with Crippen LogP contribution < -0.4 is 0 Å². The highest BCUT2D eigenvalue weighted by molar-refractivity contribution is 8.69. The Morgan fingerprint density at radius 3 is 3.08 bits per heavy atom. The number of hydrogen-bond acceptors (Lipinski definition) is 4. The molecule has 0 aliphatic rings. The highest BCUT2D eigenvalue weighted by atomic mass is 33.1. The Morgan fingerprint density at radius 2 is 2.33 bits per heavy atom. The molecular formula is C8H7NS3. The van der Waals surface area contributed by atoms with E-state index in [1.54, 1.807) is 11.3 Å². The highest BCUT2D eigenvalue weighted by Crippen LogP contribution is 2.31. The summed E-state index contributed by atoms with van der Waals surface area (Å²) < 4.78 is 2.26. The van der Waals surface area contributed by atoms with Crippen LogP contribution in [-0.2, 0) is 0 Å². The van der Waals surface area contributed by atoms with Gasteiger partial charge in [-0.25, -0.2) is 4.98 Å². The third-order valence-electron chi connectivity index (χ3n) is 1.60. The third kappa shape index (κ3) is 1.46. The van der Waals surface area contributed by atoms with Crippen LogP contribution in [0.3, 0.4) is 0 Å². The van der Waals surface area contributed by atoms with E-state index in [9.17, 15) is 0 Å². The summed E-state index contributed by atoms with van der Waals surface area (Å²) in [6.45, 7) is 2.09. The average Bonchev–Trinajstić information content (AvgIpc) is 2.46. The van der Waals surface area contributed by atoms with Crippen molar-refractivity contribution in [1.82, 2.24) is 4.98 Å². The van der Waals surface area contributed by atoms with Crippen LogP contribution >= 0.6 is 33.8 Å². The van der Waals surface area contributed by atoms with Gasteiger partial charge in [-0.05, 0) is 35.4 Å². The molecule has 4 heteroatoms. The van der Waals surface area contributed by atoms with Crippen LogP contribution in [0.4, 0.5) is 0 Å². The summed E-state index contributed by atoms with van der Waals surface area (Å²) >= 11 is 5.80. The molecule has 2 rings (SSSR count). The quantitative estimate of drug-likeness (QED) is 0.575. The molecule has 1 heterocycles. The molecule has 0 N–H and O–H groups in total. The van der Waals surface area contributed by atoms with Crippen LogP contribution in [0.25, 0.3) is 10.2 Å². The maximum Gasteiger partial charge on any atom is 0.161 e. The zero-order valence-corrected chi connectivity index (χ0v) is 8.97. The van der Waals surface area contributed by atoms with Gasteiger partial charge in [0.1, 0.15) is 0 Å². The van der Waals surface area contributed by atoms with Crippen LogP contribution in [0.15, 0.2) is 22.5 Å². The molecular weight excluding hydrogens is 206 g/mol. The molecule has 1 aromatic carbocycles. The molecule has 0 bridgehead atoms. The highest BCUT2D eigenvalue weighted by Gasteiger charge is 2.01. The lowest BCUT2D eigenvalue weighted by Crippen LogP contribution is -1.70. The predicted octanol–water partition coefficient (Wildman–Crippen LogP) is 3.54. The molecule has 0 atom stereocenters. The van der Waals surface area contributed by atoms with Crippen molar-refractivity contribution in [2.45, 2.75) is 11.3 Å². The molecule has 0 radical (unpaired) electrons. The molecule has 0 unspecified atom stereocenters. The van der Waals surface area contributed by atoms with E-state index in [0.717, 1.165) is 9.86 Å². The smallest absolute Gasteiger partial charge is 0.161 e. The van der Waals surface area contributed by atoms with E-state index >= 15 is 0 Å². The zero-order chi connectivity index (χ0) is 8.55. The maximum atomic E-state index is 4.38. The van der Waals surface area contributed by atoms with Gasteiger partial charge in [-0.1, -0.05) is 6.07 Å². The number of aryl methyl sites for hydroxylation is 1. The fourth-order valence-corrected chi connectivity index (χ4v) is 2.86. The SMILES string of the molecule is Cc1ccc2nc(SS)sc2c1. The third-order valence-corrected chi connectivity index (χ3v) is 4.05. The van der Waals surface area contributed by atoms with Gasteiger partial charge in [0.15, 0.2) is 4.34 Å². The molecule has 0 spiro atoms. The van der Waals surface area contributed by atoms with E-state index in [-0.39, 0.29) is 0 Å². The van der Waals surface area contributed by atoms with Crippen molar-refractivity contribution in [3.05, 3.63) is 23.8 Å². The first-order chi connectivity index (χ1) is 5.79. The van der Waals surface area contributed by atoms with Gasteiger partial charge >= 0.3 is 0 Å². The monoisotopic (exact) mass is 213 g/mol. The van der Waals surface area contributed by atoms with Crippen molar-refractivity contribution in [2.75, 3.05) is 0 Å². The Hall–Kier alpha value is -0.190. The van der Waals surface area contributed by atoms with E-state index in [0.29, 0.717) is 0 Å². The number of rotatable bonds is 1. The Balaban J connectivity index is 2.67. The molecule has 62 valence electrons. The first-order valence-electron chi connectivity index (χ1n) is 3.48. The minimum atomic E-state index is 1.01. The molecule has 0 fully saturated rings. The van der Waals surface area contributed by atoms with Gasteiger partial charge < -0.3 is 0 Å². The summed E-state index contributed by atoms with van der Waals surface area (Å²) in [6, 6.07) is 6.28. The number of benzene rings is 1. The summed E-state index contributed by atoms with van der Waals surface area (Å²) in [5, 5.41) is 0. The first-order valence-corrected chi connectivity index (χ1v) is 6.17. The lowest BCUT2D eigenvalue weighted by atomic mass is 10.2. The number of fused-ring (bicyclic) bond motifs is 1. The van der Waals surface area contributed by atoms with Crippen molar-refractivity contribution in [3.63, 3.8) is 0 Å². The fraction of sp³-hybridized carbons (Fsp3) is 0.125. The minimum absolute atomic E-state index is 1.01. The topological polar surface area (TPSA) is 12.9 Å². The van der Waals surface area contributed by atoms with E-state index in [1.165, 1.54) is 21.1 Å². The predicted molar refractivity (Wildman–Crippen MR) is 59.2 cm³/mol. The van der Waals surface area contributed by atoms with E-state index in [1.807, 2.05) is 0 Å². The summed E-state index contributed by atoms with van der Waals surface area (Å²) in [4.78, 5) is 4.38. The molecule has 1 aromatic heterocycles. The van der Waals surface area contributed by atoms with E-state index in [4.69, 9.17) is 0 Å². The number of aromatic nitrogens is 1. The molecule has 0 saturated heterocycles. The molecule has 12 heavy (non-hydrogen) atoms. The van der Waals surface area contributed by atoms with Gasteiger partial charge in [-0.15, -0.1) is 23.0 Å². The van der Waals surface area contributed by atoms with Crippen LogP contribution in [0, 0.1) is 6.92 Å². The summed E-state index contributed by atoms with van der Waals surface area (Å²) in [7, 11) is 1.40. The number of thiazole rings is 1. The maximum absolute atomic E-state index is 4.38. The van der Waals surface area contributed by atoms with Gasteiger partial charge in [0.05, 0.1) is 10.2 Å². The Morgan fingerprint density at radius 1 is 1.50 bits per heavy atom. The van der Waals surface area contributed by atoms with Gasteiger partial charge in [-0.2, -0.15) is 0 Å². The molecule has 0 aliphatic heterocycles. The van der Waals surface area contributed by atoms with Crippen molar-refractivity contribution in [1.29, 1.82) is 0 Å². The summed E-state index contributed by atoms with van der Waals surface area (Å²) in [5.74, 6) is 0. The van der Waals surface area contributed by atoms with Crippen molar-refractivity contribution >= 4 is 44.0 Å². The van der Waals surface area contributed by atoms with Gasteiger partial charge in [0.2, 0.25) is 0 Å². The van der Waals surface area contributed by atoms with Crippen LogP contribution in [0.2, 0.25) is 0 Å². The van der Waals surface area contributed by atoms with Crippen molar-refractivity contribution in [3.8, 4) is 0 Å². The summed E-state index contributed by atoms with van der Waals surface area (Å²) in [5.41, 5.74) is 2.35. The second-order valence-corrected chi connectivity index (χ2v) is 4.95. The molecule has 1 nitrogen and oxygen atoms in total. The average molecular weight is 213 g/mol. The number of hydrogen-bond donors (Lipinski definition) is 1. The lowest BCUT2D eigenvalue weighted by Gasteiger charge is -1.88. The Labute approximate surface area is 84.0 Å². The fourth-order valence-electron chi connectivity index (χ4n) is 1.05. The van der Waals surface area contributed by atoms with E-state index < -0.39 is 0 Å². The van der Waals surface area contributed by atoms with Crippen molar-refractivity contribution < 1.29 is 0 Å². The van der Waals surface area contributed by atoms with Crippen LogP contribution in [-0.4, -0.2) is 4.98 Å². The van der Waals surface area contributed by atoms with Crippen LogP contribution in [0.5, 0.6) is 0 Å². The lowest BCUT2D eigenvalue weighted by molar-refractivity contribution is 1.31. The van der Waals surface area contributed by atoms with Gasteiger partial charge in [0.25, 0.3) is 0 Å². The molecule has 0 aliphatic carbocycles. The molecule has 0 saturated carbocycles. The normalized spacial score (nSPS) is 10.8. The molecule has 2 aromatic rings.